The molecule has 2 rings (SSSR count). The van der Waals surface area contributed by atoms with Crippen LogP contribution in [0.2, 0.25) is 10.0 Å². The fourth-order valence-electron chi connectivity index (χ4n) is 1.62. The molecule has 2 aromatic rings. The van der Waals surface area contributed by atoms with Crippen molar-refractivity contribution >= 4 is 28.9 Å². The van der Waals surface area contributed by atoms with Crippen LogP contribution in [0.15, 0.2) is 36.4 Å². The number of anilines is 1. The fraction of sp³-hybridized carbons (Fsp3) is 0.200. The highest BCUT2D eigenvalue weighted by molar-refractivity contribution is 6.42. The van der Waals surface area contributed by atoms with Gasteiger partial charge in [-0.25, -0.2) is 0 Å². The standard InChI is InChI=1S/C15H15Cl2NO2/c1-9(2)19-14-8-10(6-7-12(14)18)20-13-5-3-4-11(16)15(13)17/h3-9H,18H2,1-2H3. The van der Waals surface area contributed by atoms with Crippen molar-refractivity contribution in [1.29, 1.82) is 0 Å². The minimum Gasteiger partial charge on any atom is -0.489 e. The van der Waals surface area contributed by atoms with Crippen LogP contribution in [0.5, 0.6) is 17.2 Å². The van der Waals surface area contributed by atoms with E-state index in [1.165, 1.54) is 0 Å². The van der Waals surface area contributed by atoms with Crippen LogP contribution in [0.3, 0.4) is 0 Å². The zero-order valence-electron chi connectivity index (χ0n) is 11.2. The smallest absolute Gasteiger partial charge is 0.147 e. The van der Waals surface area contributed by atoms with Crippen molar-refractivity contribution in [2.45, 2.75) is 20.0 Å². The van der Waals surface area contributed by atoms with Gasteiger partial charge in [0.05, 0.1) is 16.8 Å². The van der Waals surface area contributed by atoms with E-state index in [1.54, 1.807) is 36.4 Å². The molecule has 0 radical (unpaired) electrons. The lowest BCUT2D eigenvalue weighted by molar-refractivity contribution is 0.243. The zero-order chi connectivity index (χ0) is 14.7. The van der Waals surface area contributed by atoms with E-state index in [0.29, 0.717) is 33.0 Å². The zero-order valence-corrected chi connectivity index (χ0v) is 12.7. The second kappa shape index (κ2) is 6.25. The second-order valence-electron chi connectivity index (χ2n) is 4.52. The van der Waals surface area contributed by atoms with E-state index in [0.717, 1.165) is 0 Å². The summed E-state index contributed by atoms with van der Waals surface area (Å²) in [6, 6.07) is 10.4. The summed E-state index contributed by atoms with van der Waals surface area (Å²) in [4.78, 5) is 0. The first-order valence-corrected chi connectivity index (χ1v) is 6.91. The van der Waals surface area contributed by atoms with Crippen molar-refractivity contribution in [3.8, 4) is 17.2 Å². The molecule has 0 heterocycles. The predicted octanol–water partition coefficient (Wildman–Crippen LogP) is 5.16. The Hall–Kier alpha value is -1.58. The summed E-state index contributed by atoms with van der Waals surface area (Å²) >= 11 is 12.0. The molecule has 0 aromatic heterocycles. The molecule has 0 aliphatic heterocycles. The number of nitrogen functional groups attached to an aromatic ring is 1. The molecule has 0 aliphatic rings. The number of rotatable bonds is 4. The molecule has 2 aromatic carbocycles. The van der Waals surface area contributed by atoms with Crippen molar-refractivity contribution in [2.75, 3.05) is 5.73 Å². The highest BCUT2D eigenvalue weighted by Gasteiger charge is 2.09. The van der Waals surface area contributed by atoms with Crippen molar-refractivity contribution < 1.29 is 9.47 Å². The van der Waals surface area contributed by atoms with Gasteiger partial charge in [0.2, 0.25) is 0 Å². The minimum absolute atomic E-state index is 0.0299. The highest BCUT2D eigenvalue weighted by Crippen LogP contribution is 2.36. The quantitative estimate of drug-likeness (QED) is 0.794. The number of nitrogens with two attached hydrogens (primary N) is 1. The molecule has 3 nitrogen and oxygen atoms in total. The summed E-state index contributed by atoms with van der Waals surface area (Å²) in [6.45, 7) is 3.86. The minimum atomic E-state index is 0.0299. The van der Waals surface area contributed by atoms with Crippen LogP contribution < -0.4 is 15.2 Å². The van der Waals surface area contributed by atoms with Gasteiger partial charge in [-0.05, 0) is 38.1 Å². The largest absolute Gasteiger partial charge is 0.489 e. The van der Waals surface area contributed by atoms with E-state index in [2.05, 4.69) is 0 Å². The van der Waals surface area contributed by atoms with Crippen LogP contribution in [0, 0.1) is 0 Å². The van der Waals surface area contributed by atoms with Gasteiger partial charge in [0, 0.05) is 6.07 Å². The monoisotopic (exact) mass is 311 g/mol. The Kier molecular flexibility index (Phi) is 4.63. The lowest BCUT2D eigenvalue weighted by Gasteiger charge is -2.14. The van der Waals surface area contributed by atoms with Gasteiger partial charge >= 0.3 is 0 Å². The lowest BCUT2D eigenvalue weighted by Crippen LogP contribution is -2.07. The Morgan fingerprint density at radius 2 is 1.80 bits per heavy atom. The molecule has 5 heteroatoms. The summed E-state index contributed by atoms with van der Waals surface area (Å²) < 4.78 is 11.3. The molecule has 0 saturated carbocycles. The number of hydrogen-bond acceptors (Lipinski definition) is 3. The third-order valence-corrected chi connectivity index (χ3v) is 3.29. The van der Waals surface area contributed by atoms with E-state index >= 15 is 0 Å². The van der Waals surface area contributed by atoms with Gasteiger partial charge in [-0.1, -0.05) is 29.3 Å². The first-order chi connectivity index (χ1) is 9.47. The van der Waals surface area contributed by atoms with E-state index in [4.69, 9.17) is 38.4 Å². The molecule has 2 N–H and O–H groups in total. The molecule has 106 valence electrons. The Morgan fingerprint density at radius 1 is 1.05 bits per heavy atom. The van der Waals surface area contributed by atoms with E-state index in [-0.39, 0.29) is 6.10 Å². The number of benzene rings is 2. The SMILES string of the molecule is CC(C)Oc1cc(Oc2cccc(Cl)c2Cl)ccc1N. The predicted molar refractivity (Wildman–Crippen MR) is 83.2 cm³/mol. The van der Waals surface area contributed by atoms with Crippen LogP contribution in [0.25, 0.3) is 0 Å². The Morgan fingerprint density at radius 3 is 2.50 bits per heavy atom. The molecule has 0 spiro atoms. The molecule has 20 heavy (non-hydrogen) atoms. The Labute approximate surface area is 128 Å². The summed E-state index contributed by atoms with van der Waals surface area (Å²) in [5.41, 5.74) is 6.42. The Bertz CT molecular complexity index is 615. The molecule has 0 bridgehead atoms. The molecule has 0 amide bonds. The molecular formula is C15H15Cl2NO2. The van der Waals surface area contributed by atoms with Crippen molar-refractivity contribution in [1.82, 2.24) is 0 Å². The van der Waals surface area contributed by atoms with Crippen LogP contribution in [0.4, 0.5) is 5.69 Å². The molecular weight excluding hydrogens is 297 g/mol. The van der Waals surface area contributed by atoms with Crippen LogP contribution in [-0.2, 0) is 0 Å². The first kappa shape index (κ1) is 14.8. The topological polar surface area (TPSA) is 44.5 Å². The van der Waals surface area contributed by atoms with Gasteiger partial charge in [0.25, 0.3) is 0 Å². The van der Waals surface area contributed by atoms with Gasteiger partial charge in [-0.3, -0.25) is 0 Å². The summed E-state index contributed by atoms with van der Waals surface area (Å²) in [5.74, 6) is 1.65. The van der Waals surface area contributed by atoms with Crippen molar-refractivity contribution in [2.24, 2.45) is 0 Å². The van der Waals surface area contributed by atoms with Crippen LogP contribution >= 0.6 is 23.2 Å². The van der Waals surface area contributed by atoms with Gasteiger partial charge in [0.15, 0.2) is 0 Å². The van der Waals surface area contributed by atoms with Crippen LogP contribution in [0.1, 0.15) is 13.8 Å². The third kappa shape index (κ3) is 3.50. The maximum atomic E-state index is 6.09. The number of ether oxygens (including phenoxy) is 2. The van der Waals surface area contributed by atoms with Crippen molar-refractivity contribution in [3.05, 3.63) is 46.4 Å². The molecule has 0 unspecified atom stereocenters. The molecule has 0 aliphatic carbocycles. The summed E-state index contributed by atoms with van der Waals surface area (Å²) in [6.07, 6.45) is 0.0299. The van der Waals surface area contributed by atoms with E-state index in [1.807, 2.05) is 13.8 Å². The van der Waals surface area contributed by atoms with Gasteiger partial charge in [-0.2, -0.15) is 0 Å². The average molecular weight is 312 g/mol. The Balaban J connectivity index is 2.27. The fourth-order valence-corrected chi connectivity index (χ4v) is 1.95. The molecule has 0 saturated heterocycles. The number of halogens is 2. The summed E-state index contributed by atoms with van der Waals surface area (Å²) in [7, 11) is 0. The van der Waals surface area contributed by atoms with Crippen LogP contribution in [-0.4, -0.2) is 6.10 Å². The summed E-state index contributed by atoms with van der Waals surface area (Å²) in [5, 5.41) is 0.815. The van der Waals surface area contributed by atoms with Gasteiger partial charge in [-0.15, -0.1) is 0 Å². The van der Waals surface area contributed by atoms with Gasteiger partial charge < -0.3 is 15.2 Å². The second-order valence-corrected chi connectivity index (χ2v) is 5.31. The van der Waals surface area contributed by atoms with E-state index in [9.17, 15) is 0 Å². The normalized spacial score (nSPS) is 10.7. The van der Waals surface area contributed by atoms with E-state index < -0.39 is 0 Å². The highest BCUT2D eigenvalue weighted by atomic mass is 35.5. The average Bonchev–Trinajstić information content (AvgIpc) is 2.38. The third-order valence-electron chi connectivity index (χ3n) is 2.49. The van der Waals surface area contributed by atoms with Crippen molar-refractivity contribution in [3.63, 3.8) is 0 Å². The van der Waals surface area contributed by atoms with Gasteiger partial charge in [0.1, 0.15) is 22.3 Å². The molecule has 0 fully saturated rings. The lowest BCUT2D eigenvalue weighted by atomic mass is 10.2. The maximum Gasteiger partial charge on any atom is 0.147 e. The molecule has 0 atom stereocenters. The first-order valence-electron chi connectivity index (χ1n) is 6.15. The number of hydrogen-bond donors (Lipinski definition) is 1. The maximum absolute atomic E-state index is 6.09.